The Bertz CT molecular complexity index is 375. The first kappa shape index (κ1) is 11.6. The zero-order valence-electron chi connectivity index (χ0n) is 10.1. The lowest BCUT2D eigenvalue weighted by Crippen LogP contribution is -2.34. The smallest absolute Gasteiger partial charge is 0.224 e. The van der Waals surface area contributed by atoms with Gasteiger partial charge in [0.15, 0.2) is 0 Å². The van der Waals surface area contributed by atoms with Gasteiger partial charge in [-0.05, 0) is 51.1 Å². The van der Waals surface area contributed by atoms with E-state index in [0.29, 0.717) is 11.3 Å². The fraction of sp³-hybridized carbons (Fsp3) is 0.667. The molecule has 0 aliphatic heterocycles. The zero-order chi connectivity index (χ0) is 11.7. The molecule has 2 rings (SSSR count). The van der Waals surface area contributed by atoms with E-state index in [1.165, 1.54) is 12.8 Å². The molecule has 1 saturated carbocycles. The number of hydrogen-bond donors (Lipinski definition) is 0. The quantitative estimate of drug-likeness (QED) is 0.757. The maximum absolute atomic E-state index is 5.87. The topological polar surface area (TPSA) is 29.0 Å². The molecule has 88 valence electrons. The van der Waals surface area contributed by atoms with E-state index in [9.17, 15) is 0 Å². The lowest BCUT2D eigenvalue weighted by molar-refractivity contribution is 0.634. The molecule has 0 saturated heterocycles. The van der Waals surface area contributed by atoms with Gasteiger partial charge in [-0.25, -0.2) is 9.97 Å². The molecule has 1 heterocycles. The first-order chi connectivity index (χ1) is 7.58. The molecule has 0 atom stereocenters. The van der Waals surface area contributed by atoms with Crippen molar-refractivity contribution in [2.24, 2.45) is 5.92 Å². The summed E-state index contributed by atoms with van der Waals surface area (Å²) in [5.74, 6) is 1.83. The molecule has 0 bridgehead atoms. The van der Waals surface area contributed by atoms with Crippen LogP contribution >= 0.6 is 11.6 Å². The third-order valence-electron chi connectivity index (χ3n) is 2.96. The molecule has 0 unspecified atom stereocenters. The molecular formula is C12H18ClN3. The second-order valence-electron chi connectivity index (χ2n) is 4.84. The van der Waals surface area contributed by atoms with Crippen LogP contribution in [0.25, 0.3) is 0 Å². The number of nitrogens with zero attached hydrogens (tertiary/aromatic N) is 3. The van der Waals surface area contributed by atoms with Crippen molar-refractivity contribution in [3.8, 4) is 0 Å². The molecule has 0 aromatic carbocycles. The van der Waals surface area contributed by atoms with Gasteiger partial charge in [0, 0.05) is 24.3 Å². The van der Waals surface area contributed by atoms with Crippen molar-refractivity contribution < 1.29 is 0 Å². The minimum absolute atomic E-state index is 0.335. The third kappa shape index (κ3) is 2.64. The predicted molar refractivity (Wildman–Crippen MR) is 67.0 cm³/mol. The maximum atomic E-state index is 5.87. The summed E-state index contributed by atoms with van der Waals surface area (Å²) in [5.41, 5.74) is 1.10. The average Bonchev–Trinajstić information content (AvgIpc) is 3.02. The summed E-state index contributed by atoms with van der Waals surface area (Å²) in [4.78, 5) is 10.7. The summed E-state index contributed by atoms with van der Waals surface area (Å²) < 4.78 is 0. The number of hydrogen-bond acceptors (Lipinski definition) is 3. The predicted octanol–water partition coefficient (Wildman–Crippen LogP) is 3.06. The van der Waals surface area contributed by atoms with Crippen molar-refractivity contribution >= 4 is 17.4 Å². The molecule has 4 heteroatoms. The van der Waals surface area contributed by atoms with Gasteiger partial charge >= 0.3 is 0 Å². The van der Waals surface area contributed by atoms with Crippen molar-refractivity contribution in [2.75, 3.05) is 11.4 Å². The zero-order valence-corrected chi connectivity index (χ0v) is 10.8. The van der Waals surface area contributed by atoms with Crippen molar-refractivity contribution in [3.63, 3.8) is 0 Å². The minimum Gasteiger partial charge on any atom is -0.354 e. The van der Waals surface area contributed by atoms with Crippen molar-refractivity contribution in [1.29, 1.82) is 0 Å². The van der Waals surface area contributed by atoms with Crippen LogP contribution in [0.15, 0.2) is 6.20 Å². The van der Waals surface area contributed by atoms with Gasteiger partial charge in [0.1, 0.15) is 5.82 Å². The Hall–Kier alpha value is -0.830. The van der Waals surface area contributed by atoms with E-state index in [4.69, 9.17) is 11.6 Å². The Morgan fingerprint density at radius 1 is 1.50 bits per heavy atom. The molecule has 1 aliphatic carbocycles. The third-order valence-corrected chi connectivity index (χ3v) is 3.14. The van der Waals surface area contributed by atoms with E-state index in [0.717, 1.165) is 23.8 Å². The number of aryl methyl sites for hydroxylation is 1. The van der Waals surface area contributed by atoms with Gasteiger partial charge in [0.05, 0.1) is 0 Å². The van der Waals surface area contributed by atoms with E-state index < -0.39 is 0 Å². The molecule has 1 aliphatic rings. The number of halogens is 1. The number of aromatic nitrogens is 2. The van der Waals surface area contributed by atoms with Crippen LogP contribution in [0.4, 0.5) is 5.82 Å². The molecule has 0 spiro atoms. The second-order valence-corrected chi connectivity index (χ2v) is 5.17. The van der Waals surface area contributed by atoms with E-state index >= 15 is 0 Å². The van der Waals surface area contributed by atoms with Crippen molar-refractivity contribution in [1.82, 2.24) is 9.97 Å². The molecular weight excluding hydrogens is 222 g/mol. The SMILES string of the molecule is Cc1cnc(Cl)nc1N(CC1CC1)C(C)C. The lowest BCUT2D eigenvalue weighted by atomic mass is 10.2. The van der Waals surface area contributed by atoms with Gasteiger partial charge in [0.2, 0.25) is 5.28 Å². The Morgan fingerprint density at radius 3 is 2.75 bits per heavy atom. The normalized spacial score (nSPS) is 15.6. The summed E-state index contributed by atoms with van der Waals surface area (Å²) >= 11 is 5.87. The highest BCUT2D eigenvalue weighted by molar-refractivity contribution is 6.28. The second kappa shape index (κ2) is 4.58. The van der Waals surface area contributed by atoms with Gasteiger partial charge in [-0.3, -0.25) is 0 Å². The van der Waals surface area contributed by atoms with E-state index in [-0.39, 0.29) is 0 Å². The summed E-state index contributed by atoms with van der Waals surface area (Å²) in [6.45, 7) is 7.51. The van der Waals surface area contributed by atoms with Crippen LogP contribution in [0, 0.1) is 12.8 Å². The largest absolute Gasteiger partial charge is 0.354 e. The van der Waals surface area contributed by atoms with Gasteiger partial charge in [0.25, 0.3) is 0 Å². The fourth-order valence-corrected chi connectivity index (χ4v) is 1.95. The molecule has 1 aromatic rings. The molecule has 0 N–H and O–H groups in total. The average molecular weight is 240 g/mol. The summed E-state index contributed by atoms with van der Waals surface area (Å²) in [7, 11) is 0. The molecule has 1 aromatic heterocycles. The van der Waals surface area contributed by atoms with Crippen molar-refractivity contribution in [2.45, 2.75) is 39.7 Å². The Balaban J connectivity index is 2.25. The monoisotopic (exact) mass is 239 g/mol. The number of rotatable bonds is 4. The van der Waals surface area contributed by atoms with Crippen LogP contribution in [0.3, 0.4) is 0 Å². The summed E-state index contributed by atoms with van der Waals surface area (Å²) in [5, 5.41) is 0.335. The standard InChI is InChI=1S/C12H18ClN3/c1-8(2)16(7-10-4-5-10)11-9(3)6-14-12(13)15-11/h6,8,10H,4-5,7H2,1-3H3. The van der Waals surface area contributed by atoms with E-state index in [2.05, 4.69) is 28.7 Å². The summed E-state index contributed by atoms with van der Waals surface area (Å²) in [6, 6.07) is 0.449. The maximum Gasteiger partial charge on any atom is 0.224 e. The van der Waals surface area contributed by atoms with Crippen LogP contribution in [0.5, 0.6) is 0 Å². The van der Waals surface area contributed by atoms with Crippen LogP contribution in [-0.2, 0) is 0 Å². The van der Waals surface area contributed by atoms with E-state index in [1.54, 1.807) is 6.20 Å². The van der Waals surface area contributed by atoms with Crippen LogP contribution in [0.1, 0.15) is 32.3 Å². The van der Waals surface area contributed by atoms with Crippen LogP contribution in [-0.4, -0.2) is 22.6 Å². The van der Waals surface area contributed by atoms with Crippen LogP contribution < -0.4 is 4.90 Å². The highest BCUT2D eigenvalue weighted by Crippen LogP contribution is 2.32. The molecule has 3 nitrogen and oxygen atoms in total. The lowest BCUT2D eigenvalue weighted by Gasteiger charge is -2.29. The Labute approximate surface area is 102 Å². The van der Waals surface area contributed by atoms with Crippen molar-refractivity contribution in [3.05, 3.63) is 17.0 Å². The molecule has 0 amide bonds. The fourth-order valence-electron chi connectivity index (χ4n) is 1.82. The van der Waals surface area contributed by atoms with Gasteiger partial charge in [-0.15, -0.1) is 0 Å². The molecule has 0 radical (unpaired) electrons. The Morgan fingerprint density at radius 2 is 2.19 bits per heavy atom. The van der Waals surface area contributed by atoms with E-state index in [1.807, 2.05) is 6.92 Å². The number of anilines is 1. The molecule has 1 fully saturated rings. The first-order valence-electron chi connectivity index (χ1n) is 5.83. The van der Waals surface area contributed by atoms with Gasteiger partial charge in [-0.2, -0.15) is 0 Å². The minimum atomic E-state index is 0.335. The van der Waals surface area contributed by atoms with Gasteiger partial charge in [-0.1, -0.05) is 0 Å². The highest BCUT2D eigenvalue weighted by Gasteiger charge is 2.27. The molecule has 16 heavy (non-hydrogen) atoms. The highest BCUT2D eigenvalue weighted by atomic mass is 35.5. The van der Waals surface area contributed by atoms with Gasteiger partial charge < -0.3 is 4.90 Å². The summed E-state index contributed by atoms with van der Waals surface area (Å²) in [6.07, 6.45) is 4.50. The van der Waals surface area contributed by atoms with Crippen LogP contribution in [0.2, 0.25) is 5.28 Å². The first-order valence-corrected chi connectivity index (χ1v) is 6.21. The Kier molecular flexibility index (Phi) is 3.33.